The van der Waals surface area contributed by atoms with Crippen LogP contribution in [0.4, 0.5) is 5.69 Å². The number of carboxylic acid groups (broad SMARTS) is 1. The van der Waals surface area contributed by atoms with Gasteiger partial charge in [-0.15, -0.1) is 11.3 Å². The molecule has 10 heteroatoms. The first-order valence-electron chi connectivity index (χ1n) is 8.64. The number of thiazole rings is 1. The molecule has 8 nitrogen and oxygen atoms in total. The fraction of sp³-hybridized carbons (Fsp3) is 0.389. The molecule has 1 aliphatic rings. The van der Waals surface area contributed by atoms with Gasteiger partial charge in [0, 0.05) is 30.2 Å². The standard InChI is InChI=1S/C18H21N3O5S2/c1-11-10-27-16(19-11)15-5-4-8-21(15)17(22)12-6-7-14(13(9-12)18(23)24)20(2)28(3,25)26/h6-7,9-10,15H,4-5,8H2,1-3H3,(H,23,24). The molecule has 1 amide bonds. The van der Waals surface area contributed by atoms with Crippen LogP contribution < -0.4 is 4.31 Å². The largest absolute Gasteiger partial charge is 0.478 e. The van der Waals surface area contributed by atoms with Gasteiger partial charge >= 0.3 is 5.97 Å². The van der Waals surface area contributed by atoms with E-state index in [1.54, 1.807) is 4.90 Å². The number of likely N-dealkylation sites (tertiary alicyclic amines) is 1. The topological polar surface area (TPSA) is 108 Å². The van der Waals surface area contributed by atoms with Crippen molar-refractivity contribution in [3.63, 3.8) is 0 Å². The summed E-state index contributed by atoms with van der Waals surface area (Å²) in [5.41, 5.74) is 0.892. The molecule has 3 rings (SSSR count). The number of carbonyl (C=O) groups is 2. The number of hydrogen-bond donors (Lipinski definition) is 1. The molecule has 2 heterocycles. The number of amides is 1. The fourth-order valence-corrected chi connectivity index (χ4v) is 4.71. The number of carbonyl (C=O) groups excluding carboxylic acids is 1. The van der Waals surface area contributed by atoms with Crippen molar-refractivity contribution >= 4 is 38.9 Å². The summed E-state index contributed by atoms with van der Waals surface area (Å²) in [5, 5.41) is 12.3. The van der Waals surface area contributed by atoms with Gasteiger partial charge in [-0.25, -0.2) is 18.2 Å². The summed E-state index contributed by atoms with van der Waals surface area (Å²) in [6, 6.07) is 3.94. The van der Waals surface area contributed by atoms with Gasteiger partial charge in [0.15, 0.2) is 0 Å². The molecule has 150 valence electrons. The average Bonchev–Trinajstić information content (AvgIpc) is 3.27. The van der Waals surface area contributed by atoms with Crippen molar-refractivity contribution in [3.8, 4) is 0 Å². The second-order valence-corrected chi connectivity index (χ2v) is 9.65. The maximum absolute atomic E-state index is 13.1. The van der Waals surface area contributed by atoms with Crippen LogP contribution in [-0.4, -0.2) is 55.1 Å². The van der Waals surface area contributed by atoms with E-state index in [-0.39, 0.29) is 28.8 Å². The Bertz CT molecular complexity index is 1030. The van der Waals surface area contributed by atoms with E-state index < -0.39 is 16.0 Å². The molecule has 0 spiro atoms. The first-order chi connectivity index (χ1) is 13.1. The van der Waals surface area contributed by atoms with Crippen molar-refractivity contribution in [2.45, 2.75) is 25.8 Å². The van der Waals surface area contributed by atoms with Crippen molar-refractivity contribution in [2.24, 2.45) is 0 Å². The summed E-state index contributed by atoms with van der Waals surface area (Å²) in [6.07, 6.45) is 2.64. The molecule has 0 bridgehead atoms. The van der Waals surface area contributed by atoms with E-state index in [1.165, 1.54) is 36.6 Å². The van der Waals surface area contributed by atoms with Gasteiger partial charge in [0.05, 0.1) is 23.5 Å². The first-order valence-corrected chi connectivity index (χ1v) is 11.4. The zero-order chi connectivity index (χ0) is 20.6. The molecule has 1 aromatic heterocycles. The Kier molecular flexibility index (Phi) is 5.44. The molecule has 0 saturated carbocycles. The van der Waals surface area contributed by atoms with Crippen LogP contribution in [-0.2, 0) is 10.0 Å². The highest BCUT2D eigenvalue weighted by molar-refractivity contribution is 7.92. The molecule has 1 aromatic carbocycles. The summed E-state index contributed by atoms with van der Waals surface area (Å²) in [5.74, 6) is -1.58. The Morgan fingerprint density at radius 3 is 2.64 bits per heavy atom. The first kappa shape index (κ1) is 20.3. The lowest BCUT2D eigenvalue weighted by Crippen LogP contribution is -2.31. The summed E-state index contributed by atoms with van der Waals surface area (Å²) in [4.78, 5) is 30.9. The van der Waals surface area contributed by atoms with Gasteiger partial charge in [-0.2, -0.15) is 0 Å². The predicted molar refractivity (Wildman–Crippen MR) is 107 cm³/mol. The summed E-state index contributed by atoms with van der Waals surface area (Å²) in [6.45, 7) is 2.47. The Balaban J connectivity index is 1.96. The maximum atomic E-state index is 13.1. The lowest BCUT2D eigenvalue weighted by atomic mass is 10.1. The summed E-state index contributed by atoms with van der Waals surface area (Å²) in [7, 11) is -2.36. The highest BCUT2D eigenvalue weighted by Gasteiger charge is 2.33. The van der Waals surface area contributed by atoms with Crippen LogP contribution in [0.1, 0.15) is 50.3 Å². The maximum Gasteiger partial charge on any atom is 0.337 e. The number of aryl methyl sites for hydroxylation is 1. The van der Waals surface area contributed by atoms with Gasteiger partial charge in [-0.3, -0.25) is 9.10 Å². The van der Waals surface area contributed by atoms with Crippen molar-refractivity contribution < 1.29 is 23.1 Å². The van der Waals surface area contributed by atoms with Crippen molar-refractivity contribution in [1.29, 1.82) is 0 Å². The van der Waals surface area contributed by atoms with Gasteiger partial charge in [-0.1, -0.05) is 0 Å². The average molecular weight is 424 g/mol. The molecule has 2 aromatic rings. The van der Waals surface area contributed by atoms with Crippen LogP contribution >= 0.6 is 11.3 Å². The lowest BCUT2D eigenvalue weighted by Gasteiger charge is -2.24. The number of nitrogens with zero attached hydrogens (tertiary/aromatic N) is 3. The number of aromatic carboxylic acids is 1. The van der Waals surface area contributed by atoms with Crippen molar-refractivity contribution in [2.75, 3.05) is 24.2 Å². The quantitative estimate of drug-likeness (QED) is 0.792. The van der Waals surface area contributed by atoms with Crippen LogP contribution in [0.25, 0.3) is 0 Å². The molecule has 0 radical (unpaired) electrons. The third-order valence-electron chi connectivity index (χ3n) is 4.75. The van der Waals surface area contributed by atoms with E-state index >= 15 is 0 Å². The number of anilines is 1. The number of aromatic nitrogens is 1. The van der Waals surface area contributed by atoms with Crippen molar-refractivity contribution in [1.82, 2.24) is 9.88 Å². The minimum Gasteiger partial charge on any atom is -0.478 e. The summed E-state index contributed by atoms with van der Waals surface area (Å²) >= 11 is 1.51. The number of benzene rings is 1. The van der Waals surface area contributed by atoms with E-state index in [4.69, 9.17) is 0 Å². The summed E-state index contributed by atoms with van der Waals surface area (Å²) < 4.78 is 24.5. The molecule has 0 aliphatic carbocycles. The van der Waals surface area contributed by atoms with Crippen molar-refractivity contribution in [3.05, 3.63) is 45.4 Å². The van der Waals surface area contributed by atoms with Crippen LogP contribution in [0.5, 0.6) is 0 Å². The molecule has 1 N–H and O–H groups in total. The molecule has 28 heavy (non-hydrogen) atoms. The van der Waals surface area contributed by atoms with Crippen LogP contribution in [0.15, 0.2) is 23.6 Å². The lowest BCUT2D eigenvalue weighted by molar-refractivity contribution is 0.0697. The molecular weight excluding hydrogens is 402 g/mol. The highest BCUT2D eigenvalue weighted by atomic mass is 32.2. The smallest absolute Gasteiger partial charge is 0.337 e. The zero-order valence-electron chi connectivity index (χ0n) is 15.7. The molecule has 1 saturated heterocycles. The number of carboxylic acids is 1. The molecule has 1 fully saturated rings. The van der Waals surface area contributed by atoms with E-state index in [0.29, 0.717) is 6.54 Å². The Morgan fingerprint density at radius 2 is 2.07 bits per heavy atom. The SMILES string of the molecule is Cc1csc(C2CCCN2C(=O)c2ccc(N(C)S(C)(=O)=O)c(C(=O)O)c2)n1. The van der Waals surface area contributed by atoms with Crippen LogP contribution in [0.2, 0.25) is 0 Å². The number of hydrogen-bond acceptors (Lipinski definition) is 6. The van der Waals surface area contributed by atoms with Crippen LogP contribution in [0.3, 0.4) is 0 Å². The second-order valence-electron chi connectivity index (χ2n) is 6.75. The molecule has 1 atom stereocenters. The monoisotopic (exact) mass is 423 g/mol. The van der Waals surface area contributed by atoms with Gasteiger partial charge in [0.2, 0.25) is 10.0 Å². The third kappa shape index (κ3) is 3.88. The zero-order valence-corrected chi connectivity index (χ0v) is 17.4. The van der Waals surface area contributed by atoms with Gasteiger partial charge < -0.3 is 10.0 Å². The highest BCUT2D eigenvalue weighted by Crippen LogP contribution is 2.35. The normalized spacial score (nSPS) is 17.0. The second kappa shape index (κ2) is 7.51. The van der Waals surface area contributed by atoms with E-state index in [1.807, 2.05) is 12.3 Å². The minimum atomic E-state index is -3.64. The Labute approximate surface area is 167 Å². The molecular formula is C18H21N3O5S2. The third-order valence-corrected chi connectivity index (χ3v) is 7.00. The predicted octanol–water partition coefficient (Wildman–Crippen LogP) is 2.52. The Hall–Kier alpha value is -2.46. The van der Waals surface area contributed by atoms with Gasteiger partial charge in [-0.05, 0) is 38.0 Å². The number of rotatable bonds is 5. The van der Waals surface area contributed by atoms with E-state index in [2.05, 4.69) is 4.98 Å². The van der Waals surface area contributed by atoms with E-state index in [9.17, 15) is 23.1 Å². The van der Waals surface area contributed by atoms with E-state index in [0.717, 1.165) is 34.1 Å². The van der Waals surface area contributed by atoms with Crippen LogP contribution in [0, 0.1) is 6.92 Å². The molecule has 1 unspecified atom stereocenters. The Morgan fingerprint density at radius 1 is 1.36 bits per heavy atom. The van der Waals surface area contributed by atoms with Gasteiger partial charge in [0.25, 0.3) is 5.91 Å². The minimum absolute atomic E-state index is 0.0140. The molecule has 1 aliphatic heterocycles. The number of sulfonamides is 1. The fourth-order valence-electron chi connectivity index (χ4n) is 3.25. The van der Waals surface area contributed by atoms with Gasteiger partial charge in [0.1, 0.15) is 5.01 Å².